The van der Waals surface area contributed by atoms with Crippen LogP contribution in [0.3, 0.4) is 0 Å². The van der Waals surface area contributed by atoms with Crippen LogP contribution in [0.2, 0.25) is 0 Å². The Bertz CT molecular complexity index is 606. The number of carbonyl (C=O) groups is 2. The number of hydrogen-bond donors (Lipinski definition) is 2. The lowest BCUT2D eigenvalue weighted by Crippen LogP contribution is -2.60. The molecule has 0 radical (unpaired) electrons. The van der Waals surface area contributed by atoms with Crippen molar-refractivity contribution in [3.05, 3.63) is 0 Å². The van der Waals surface area contributed by atoms with E-state index in [1.165, 1.54) is 32.1 Å². The highest BCUT2D eigenvalue weighted by molar-refractivity contribution is 5.82. The third-order valence-electron chi connectivity index (χ3n) is 7.71. The summed E-state index contributed by atoms with van der Waals surface area (Å²) in [6.45, 7) is 10.1. The molecule has 2 N–H and O–H groups in total. The Labute approximate surface area is 187 Å². The molecule has 4 rings (SSSR count). The fraction of sp³-hybridized carbons (Fsp3) is 0.913. The predicted octanol–water partition coefficient (Wildman–Crippen LogP) is 0.422. The van der Waals surface area contributed by atoms with Gasteiger partial charge in [0.2, 0.25) is 11.8 Å². The van der Waals surface area contributed by atoms with Gasteiger partial charge in [0.1, 0.15) is 0 Å². The van der Waals surface area contributed by atoms with Crippen LogP contribution < -0.4 is 10.6 Å². The Kier molecular flexibility index (Phi) is 7.85. The molecular formula is C23H41N5O3. The molecule has 8 nitrogen and oxygen atoms in total. The molecule has 0 spiro atoms. The fourth-order valence-electron chi connectivity index (χ4n) is 5.40. The monoisotopic (exact) mass is 435 g/mol. The second-order valence-electron chi connectivity index (χ2n) is 9.93. The van der Waals surface area contributed by atoms with Gasteiger partial charge in [-0.1, -0.05) is 19.3 Å². The lowest BCUT2D eigenvalue weighted by atomic mass is 9.79. The van der Waals surface area contributed by atoms with Gasteiger partial charge in [-0.05, 0) is 32.6 Å². The van der Waals surface area contributed by atoms with Gasteiger partial charge in [-0.15, -0.1) is 0 Å². The van der Waals surface area contributed by atoms with E-state index in [1.807, 2.05) is 6.92 Å². The first-order chi connectivity index (χ1) is 15.1. The van der Waals surface area contributed by atoms with Crippen LogP contribution in [0.25, 0.3) is 0 Å². The Morgan fingerprint density at radius 1 is 1.00 bits per heavy atom. The van der Waals surface area contributed by atoms with E-state index in [2.05, 4.69) is 25.3 Å². The molecule has 2 heterocycles. The van der Waals surface area contributed by atoms with Gasteiger partial charge in [0.05, 0.1) is 25.8 Å². The summed E-state index contributed by atoms with van der Waals surface area (Å²) in [4.78, 5) is 32.1. The molecule has 0 aromatic rings. The number of piperazine rings is 1. The van der Waals surface area contributed by atoms with Gasteiger partial charge in [-0.2, -0.15) is 0 Å². The number of rotatable bonds is 8. The molecule has 0 aromatic heterocycles. The minimum atomic E-state index is -0.0868. The molecule has 0 aromatic carbocycles. The van der Waals surface area contributed by atoms with Crippen molar-refractivity contribution in [3.63, 3.8) is 0 Å². The van der Waals surface area contributed by atoms with E-state index in [4.69, 9.17) is 4.74 Å². The first kappa shape index (κ1) is 23.0. The van der Waals surface area contributed by atoms with Crippen LogP contribution in [-0.4, -0.2) is 110 Å². The highest BCUT2D eigenvalue weighted by atomic mass is 16.5. The average Bonchev–Trinajstić information content (AvgIpc) is 3.63. The Balaban J connectivity index is 1.20. The zero-order chi connectivity index (χ0) is 21.7. The normalized spacial score (nSPS) is 26.9. The van der Waals surface area contributed by atoms with E-state index >= 15 is 0 Å². The van der Waals surface area contributed by atoms with E-state index in [9.17, 15) is 9.59 Å². The molecule has 2 saturated carbocycles. The smallest absolute Gasteiger partial charge is 0.237 e. The maximum absolute atomic E-state index is 12.8. The highest BCUT2D eigenvalue weighted by Gasteiger charge is 2.39. The van der Waals surface area contributed by atoms with Gasteiger partial charge < -0.3 is 15.4 Å². The van der Waals surface area contributed by atoms with Crippen molar-refractivity contribution in [2.24, 2.45) is 0 Å². The van der Waals surface area contributed by atoms with Gasteiger partial charge in [0.25, 0.3) is 0 Å². The second kappa shape index (κ2) is 10.6. The first-order valence-electron chi connectivity index (χ1n) is 12.4. The van der Waals surface area contributed by atoms with Crippen molar-refractivity contribution >= 4 is 11.8 Å². The molecule has 176 valence electrons. The van der Waals surface area contributed by atoms with Crippen molar-refractivity contribution in [2.45, 2.75) is 69.5 Å². The molecular weight excluding hydrogens is 394 g/mol. The van der Waals surface area contributed by atoms with E-state index in [0.717, 1.165) is 71.9 Å². The lowest BCUT2D eigenvalue weighted by Gasteiger charge is -2.48. The minimum absolute atomic E-state index is 0.0868. The van der Waals surface area contributed by atoms with Crippen molar-refractivity contribution < 1.29 is 14.3 Å². The van der Waals surface area contributed by atoms with Crippen LogP contribution in [0.4, 0.5) is 0 Å². The molecule has 1 atom stereocenters. The highest BCUT2D eigenvalue weighted by Crippen LogP contribution is 2.33. The quantitative estimate of drug-likeness (QED) is 0.576. The molecule has 2 aliphatic heterocycles. The van der Waals surface area contributed by atoms with Crippen molar-refractivity contribution in [2.75, 3.05) is 65.6 Å². The third kappa shape index (κ3) is 6.18. The van der Waals surface area contributed by atoms with E-state index in [0.29, 0.717) is 12.6 Å². The number of carbonyl (C=O) groups excluding carboxylic acids is 2. The summed E-state index contributed by atoms with van der Waals surface area (Å²) >= 11 is 0. The molecule has 2 saturated heterocycles. The zero-order valence-corrected chi connectivity index (χ0v) is 19.2. The number of morpholine rings is 1. The standard InChI is InChI=1S/C23H41N5O3/c1-19(22(30)25-20-5-6-20)27-11-9-26(10-12-27)17-21(29)24-18-23(7-3-2-4-8-23)28-13-15-31-16-14-28/h19-20H,2-18H2,1H3,(H,24,29)(H,25,30). The fourth-order valence-corrected chi connectivity index (χ4v) is 5.40. The summed E-state index contributed by atoms with van der Waals surface area (Å²) in [5.41, 5.74) is 0.112. The summed E-state index contributed by atoms with van der Waals surface area (Å²) in [6.07, 6.45) is 8.40. The van der Waals surface area contributed by atoms with Gasteiger partial charge in [0.15, 0.2) is 0 Å². The minimum Gasteiger partial charge on any atom is -0.379 e. The number of nitrogens with zero attached hydrogens (tertiary/aromatic N) is 3. The summed E-state index contributed by atoms with van der Waals surface area (Å²) in [7, 11) is 0. The van der Waals surface area contributed by atoms with Crippen LogP contribution >= 0.6 is 0 Å². The Morgan fingerprint density at radius 3 is 2.32 bits per heavy atom. The van der Waals surface area contributed by atoms with Gasteiger partial charge in [-0.25, -0.2) is 0 Å². The summed E-state index contributed by atoms with van der Waals surface area (Å²) in [6, 6.07) is 0.320. The number of nitrogens with one attached hydrogen (secondary N) is 2. The summed E-state index contributed by atoms with van der Waals surface area (Å²) in [5, 5.41) is 6.38. The van der Waals surface area contributed by atoms with Crippen molar-refractivity contribution in [1.82, 2.24) is 25.3 Å². The molecule has 0 bridgehead atoms. The summed E-state index contributed by atoms with van der Waals surface area (Å²) < 4.78 is 5.56. The second-order valence-corrected chi connectivity index (χ2v) is 9.93. The Morgan fingerprint density at radius 2 is 1.68 bits per heavy atom. The maximum atomic E-state index is 12.8. The molecule has 31 heavy (non-hydrogen) atoms. The van der Waals surface area contributed by atoms with Gasteiger partial charge >= 0.3 is 0 Å². The van der Waals surface area contributed by atoms with Crippen LogP contribution in [0.15, 0.2) is 0 Å². The first-order valence-corrected chi connectivity index (χ1v) is 12.4. The molecule has 4 fully saturated rings. The van der Waals surface area contributed by atoms with Crippen LogP contribution in [-0.2, 0) is 14.3 Å². The van der Waals surface area contributed by atoms with Crippen LogP contribution in [0.1, 0.15) is 51.9 Å². The van der Waals surface area contributed by atoms with Gasteiger partial charge in [-0.3, -0.25) is 24.3 Å². The SMILES string of the molecule is CC(C(=O)NC1CC1)N1CCN(CC(=O)NCC2(N3CCOCC3)CCCCC2)CC1. The van der Waals surface area contributed by atoms with E-state index in [1.54, 1.807) is 0 Å². The largest absolute Gasteiger partial charge is 0.379 e. The maximum Gasteiger partial charge on any atom is 0.237 e. The molecule has 2 aliphatic carbocycles. The lowest BCUT2D eigenvalue weighted by molar-refractivity contribution is -0.128. The van der Waals surface area contributed by atoms with Gasteiger partial charge in [0, 0.05) is 57.4 Å². The number of hydrogen-bond acceptors (Lipinski definition) is 6. The number of ether oxygens (including phenoxy) is 1. The molecule has 1 unspecified atom stereocenters. The summed E-state index contributed by atoms with van der Waals surface area (Å²) in [5.74, 6) is 0.278. The van der Waals surface area contributed by atoms with E-state index < -0.39 is 0 Å². The van der Waals surface area contributed by atoms with Crippen LogP contribution in [0.5, 0.6) is 0 Å². The number of amides is 2. The van der Waals surface area contributed by atoms with Crippen molar-refractivity contribution in [3.8, 4) is 0 Å². The zero-order valence-electron chi connectivity index (χ0n) is 19.2. The third-order valence-corrected chi connectivity index (χ3v) is 7.71. The average molecular weight is 436 g/mol. The molecule has 2 amide bonds. The predicted molar refractivity (Wildman–Crippen MR) is 120 cm³/mol. The molecule has 8 heteroatoms. The van der Waals surface area contributed by atoms with Crippen LogP contribution in [0, 0.1) is 0 Å². The van der Waals surface area contributed by atoms with E-state index in [-0.39, 0.29) is 23.4 Å². The Hall–Kier alpha value is -1.22. The van der Waals surface area contributed by atoms with Crippen molar-refractivity contribution in [1.29, 1.82) is 0 Å². The topological polar surface area (TPSA) is 77.2 Å². The molecule has 4 aliphatic rings.